The van der Waals surface area contributed by atoms with E-state index in [4.69, 9.17) is 10.5 Å². The van der Waals surface area contributed by atoms with Crippen LogP contribution in [0, 0.1) is 5.82 Å². The SMILES string of the molecule is CS(=O)(=O)c1cccc(Oc2cc(Br)ccc2F)c1N. The first kappa shape index (κ1) is 14.8. The van der Waals surface area contributed by atoms with Gasteiger partial charge in [-0.1, -0.05) is 22.0 Å². The van der Waals surface area contributed by atoms with Crippen molar-refractivity contribution in [3.05, 3.63) is 46.7 Å². The third kappa shape index (κ3) is 3.10. The standard InChI is InChI=1S/C13H11BrFNO3S/c1-20(17,18)12-4-2-3-10(13(12)16)19-11-7-8(14)5-6-9(11)15/h2-7H,16H2,1H3. The van der Waals surface area contributed by atoms with E-state index in [1.54, 1.807) is 0 Å². The number of anilines is 1. The number of rotatable bonds is 3. The summed E-state index contributed by atoms with van der Waals surface area (Å²) in [6, 6.07) is 8.52. The lowest BCUT2D eigenvalue weighted by Gasteiger charge is -2.12. The number of nitrogens with two attached hydrogens (primary N) is 1. The third-order valence-electron chi connectivity index (χ3n) is 2.54. The van der Waals surface area contributed by atoms with Gasteiger partial charge in [0, 0.05) is 10.7 Å². The Kier molecular flexibility index (Phi) is 4.01. The molecular formula is C13H11BrFNO3S. The number of sulfone groups is 1. The molecule has 0 aliphatic carbocycles. The molecule has 0 aliphatic rings. The van der Waals surface area contributed by atoms with Crippen LogP contribution in [-0.2, 0) is 9.84 Å². The lowest BCUT2D eigenvalue weighted by atomic mass is 10.3. The number of hydrogen-bond donors (Lipinski definition) is 1. The first-order valence-corrected chi connectivity index (χ1v) is 8.19. The summed E-state index contributed by atoms with van der Waals surface area (Å²) < 4.78 is 42.7. The monoisotopic (exact) mass is 359 g/mol. The molecule has 0 heterocycles. The van der Waals surface area contributed by atoms with Crippen molar-refractivity contribution in [1.82, 2.24) is 0 Å². The topological polar surface area (TPSA) is 69.4 Å². The average Bonchev–Trinajstić information content (AvgIpc) is 2.35. The normalized spacial score (nSPS) is 11.3. The van der Waals surface area contributed by atoms with Crippen molar-refractivity contribution in [2.24, 2.45) is 0 Å². The highest BCUT2D eigenvalue weighted by atomic mass is 79.9. The average molecular weight is 360 g/mol. The summed E-state index contributed by atoms with van der Waals surface area (Å²) in [7, 11) is -3.47. The van der Waals surface area contributed by atoms with Crippen LogP contribution in [-0.4, -0.2) is 14.7 Å². The van der Waals surface area contributed by atoms with E-state index in [9.17, 15) is 12.8 Å². The fourth-order valence-corrected chi connectivity index (χ4v) is 2.78. The van der Waals surface area contributed by atoms with Crippen LogP contribution in [0.5, 0.6) is 11.5 Å². The molecule has 0 radical (unpaired) electrons. The zero-order valence-corrected chi connectivity index (χ0v) is 12.8. The molecule has 0 bridgehead atoms. The van der Waals surface area contributed by atoms with Gasteiger partial charge >= 0.3 is 0 Å². The fourth-order valence-electron chi connectivity index (χ4n) is 1.61. The molecule has 0 saturated heterocycles. The minimum absolute atomic E-state index is 0.0447. The van der Waals surface area contributed by atoms with Crippen LogP contribution in [0.2, 0.25) is 0 Å². The fraction of sp³-hybridized carbons (Fsp3) is 0.0769. The number of nitrogen functional groups attached to an aromatic ring is 1. The summed E-state index contributed by atoms with van der Waals surface area (Å²) in [5.74, 6) is -0.529. The van der Waals surface area contributed by atoms with Crippen molar-refractivity contribution in [1.29, 1.82) is 0 Å². The van der Waals surface area contributed by atoms with E-state index in [0.29, 0.717) is 4.47 Å². The van der Waals surface area contributed by atoms with Crippen molar-refractivity contribution in [2.75, 3.05) is 12.0 Å². The second-order valence-electron chi connectivity index (χ2n) is 4.12. The predicted octanol–water partition coefficient (Wildman–Crippen LogP) is 3.37. The lowest BCUT2D eigenvalue weighted by Crippen LogP contribution is -2.04. The molecule has 4 nitrogen and oxygen atoms in total. The molecule has 2 aromatic carbocycles. The Morgan fingerprint density at radius 1 is 1.20 bits per heavy atom. The highest BCUT2D eigenvalue weighted by molar-refractivity contribution is 9.10. The highest BCUT2D eigenvalue weighted by Crippen LogP contribution is 2.34. The van der Waals surface area contributed by atoms with Crippen LogP contribution in [0.1, 0.15) is 0 Å². The first-order chi connectivity index (χ1) is 9.29. The molecule has 20 heavy (non-hydrogen) atoms. The summed E-state index contributed by atoms with van der Waals surface area (Å²) in [6.45, 7) is 0. The van der Waals surface area contributed by atoms with E-state index in [0.717, 1.165) is 6.26 Å². The Labute approximate surface area is 124 Å². The van der Waals surface area contributed by atoms with Gasteiger partial charge in [0.15, 0.2) is 27.2 Å². The summed E-state index contributed by atoms with van der Waals surface area (Å²) in [6.07, 6.45) is 1.04. The van der Waals surface area contributed by atoms with E-state index in [2.05, 4.69) is 15.9 Å². The van der Waals surface area contributed by atoms with Gasteiger partial charge in [-0.25, -0.2) is 12.8 Å². The molecule has 0 saturated carbocycles. The van der Waals surface area contributed by atoms with Crippen molar-refractivity contribution in [3.8, 4) is 11.5 Å². The van der Waals surface area contributed by atoms with Gasteiger partial charge in [0.05, 0.1) is 10.6 Å². The summed E-state index contributed by atoms with van der Waals surface area (Å²) in [4.78, 5) is -0.0506. The number of para-hydroxylation sites is 1. The Balaban J connectivity index is 2.47. The van der Waals surface area contributed by atoms with Gasteiger partial charge in [-0.15, -0.1) is 0 Å². The molecule has 0 unspecified atom stereocenters. The van der Waals surface area contributed by atoms with E-state index < -0.39 is 15.7 Å². The van der Waals surface area contributed by atoms with Gasteiger partial charge < -0.3 is 10.5 Å². The summed E-state index contributed by atoms with van der Waals surface area (Å²) >= 11 is 3.20. The smallest absolute Gasteiger partial charge is 0.177 e. The summed E-state index contributed by atoms with van der Waals surface area (Å²) in [5, 5.41) is 0. The number of ether oxygens (including phenoxy) is 1. The van der Waals surface area contributed by atoms with Crippen LogP contribution in [0.3, 0.4) is 0 Å². The number of halogens is 2. The van der Waals surface area contributed by atoms with Crippen molar-refractivity contribution in [2.45, 2.75) is 4.90 Å². The molecule has 2 aromatic rings. The van der Waals surface area contributed by atoms with Gasteiger partial charge in [0.1, 0.15) is 0 Å². The molecule has 0 atom stereocenters. The molecule has 0 aliphatic heterocycles. The zero-order chi connectivity index (χ0) is 14.9. The van der Waals surface area contributed by atoms with Gasteiger partial charge in [-0.05, 0) is 30.3 Å². The maximum absolute atomic E-state index is 13.6. The number of hydrogen-bond acceptors (Lipinski definition) is 4. The van der Waals surface area contributed by atoms with Crippen LogP contribution in [0.4, 0.5) is 10.1 Å². The van der Waals surface area contributed by atoms with Crippen molar-refractivity contribution >= 4 is 31.5 Å². The van der Waals surface area contributed by atoms with Crippen LogP contribution in [0.25, 0.3) is 0 Å². The number of benzene rings is 2. The largest absolute Gasteiger partial charge is 0.452 e. The van der Waals surface area contributed by atoms with Crippen LogP contribution in [0.15, 0.2) is 45.8 Å². The second-order valence-corrected chi connectivity index (χ2v) is 7.02. The van der Waals surface area contributed by atoms with Crippen LogP contribution < -0.4 is 10.5 Å². The van der Waals surface area contributed by atoms with E-state index >= 15 is 0 Å². The highest BCUT2D eigenvalue weighted by Gasteiger charge is 2.16. The second kappa shape index (κ2) is 5.41. The van der Waals surface area contributed by atoms with Gasteiger partial charge in [-0.3, -0.25) is 0 Å². The molecule has 0 amide bonds. The molecule has 0 aromatic heterocycles. The Bertz CT molecular complexity index is 762. The maximum Gasteiger partial charge on any atom is 0.177 e. The third-order valence-corrected chi connectivity index (χ3v) is 4.19. The van der Waals surface area contributed by atoms with Crippen LogP contribution >= 0.6 is 15.9 Å². The molecule has 2 rings (SSSR count). The van der Waals surface area contributed by atoms with Gasteiger partial charge in [0.2, 0.25) is 0 Å². The first-order valence-electron chi connectivity index (χ1n) is 5.50. The quantitative estimate of drug-likeness (QED) is 0.853. The predicted molar refractivity (Wildman–Crippen MR) is 78.1 cm³/mol. The van der Waals surface area contributed by atoms with E-state index in [1.807, 2.05) is 0 Å². The van der Waals surface area contributed by atoms with E-state index in [1.165, 1.54) is 36.4 Å². The Hall–Kier alpha value is -1.60. The van der Waals surface area contributed by atoms with Gasteiger partial charge in [-0.2, -0.15) is 0 Å². The molecule has 0 spiro atoms. The van der Waals surface area contributed by atoms with Gasteiger partial charge in [0.25, 0.3) is 0 Å². The summed E-state index contributed by atoms with van der Waals surface area (Å²) in [5.41, 5.74) is 5.72. The molecule has 0 fully saturated rings. The molecular weight excluding hydrogens is 349 g/mol. The lowest BCUT2D eigenvalue weighted by molar-refractivity contribution is 0.442. The van der Waals surface area contributed by atoms with Crippen molar-refractivity contribution < 1.29 is 17.5 Å². The van der Waals surface area contributed by atoms with E-state index in [-0.39, 0.29) is 22.1 Å². The molecule has 7 heteroatoms. The molecule has 106 valence electrons. The minimum atomic E-state index is -3.47. The Morgan fingerprint density at radius 3 is 2.55 bits per heavy atom. The maximum atomic E-state index is 13.6. The van der Waals surface area contributed by atoms with Crippen molar-refractivity contribution in [3.63, 3.8) is 0 Å². The molecule has 2 N–H and O–H groups in total. The minimum Gasteiger partial charge on any atom is -0.452 e. The zero-order valence-electron chi connectivity index (χ0n) is 10.4. The Morgan fingerprint density at radius 2 is 1.90 bits per heavy atom.